The summed E-state index contributed by atoms with van der Waals surface area (Å²) in [6, 6.07) is 6.32. The Morgan fingerprint density at radius 2 is 2.17 bits per heavy atom. The fourth-order valence-electron chi connectivity index (χ4n) is 2.17. The summed E-state index contributed by atoms with van der Waals surface area (Å²) in [5.41, 5.74) is 2.43. The van der Waals surface area contributed by atoms with E-state index in [2.05, 4.69) is 36.2 Å². The lowest BCUT2D eigenvalue weighted by Crippen LogP contribution is -1.92. The van der Waals surface area contributed by atoms with Crippen LogP contribution in [0.15, 0.2) is 52.7 Å². The molecule has 5 nitrogen and oxygen atoms in total. The van der Waals surface area contributed by atoms with Gasteiger partial charge in [0.15, 0.2) is 5.13 Å². The van der Waals surface area contributed by atoms with Crippen molar-refractivity contribution in [2.45, 2.75) is 0 Å². The molecule has 0 aliphatic carbocycles. The van der Waals surface area contributed by atoms with E-state index in [1.807, 2.05) is 22.0 Å². The Morgan fingerprint density at radius 3 is 3.04 bits per heavy atom. The van der Waals surface area contributed by atoms with Crippen LogP contribution in [0.25, 0.3) is 17.2 Å². The summed E-state index contributed by atoms with van der Waals surface area (Å²) in [6.45, 7) is 0. The lowest BCUT2D eigenvalue weighted by Gasteiger charge is -2.05. The van der Waals surface area contributed by atoms with Crippen molar-refractivity contribution in [3.05, 3.63) is 58.5 Å². The molecule has 23 heavy (non-hydrogen) atoms. The third-order valence-corrected chi connectivity index (χ3v) is 4.64. The van der Waals surface area contributed by atoms with Crippen molar-refractivity contribution < 1.29 is 4.39 Å². The van der Waals surface area contributed by atoms with Crippen LogP contribution in [-0.2, 0) is 0 Å². The molecule has 0 aliphatic heterocycles. The maximum atomic E-state index is 13.1. The highest BCUT2D eigenvalue weighted by molar-refractivity contribution is 9.10. The van der Waals surface area contributed by atoms with Crippen LogP contribution < -0.4 is 5.32 Å². The minimum Gasteiger partial charge on any atom is -0.331 e. The van der Waals surface area contributed by atoms with Gasteiger partial charge in [-0.05, 0) is 40.2 Å². The van der Waals surface area contributed by atoms with E-state index < -0.39 is 0 Å². The van der Waals surface area contributed by atoms with Gasteiger partial charge in [0.1, 0.15) is 11.5 Å². The van der Waals surface area contributed by atoms with Crippen molar-refractivity contribution in [1.29, 1.82) is 0 Å². The van der Waals surface area contributed by atoms with Gasteiger partial charge in [0.25, 0.3) is 0 Å². The molecular weight excluding hydrogens is 381 g/mol. The average Bonchev–Trinajstić information content (AvgIpc) is 3.16. The Balaban J connectivity index is 1.66. The molecule has 0 saturated carbocycles. The van der Waals surface area contributed by atoms with E-state index in [9.17, 15) is 4.39 Å². The monoisotopic (exact) mass is 389 g/mol. The van der Waals surface area contributed by atoms with Crippen molar-refractivity contribution in [2.24, 2.45) is 0 Å². The fraction of sp³-hybridized carbons (Fsp3) is 0. The second-order valence-corrected chi connectivity index (χ2v) is 6.43. The van der Waals surface area contributed by atoms with Crippen LogP contribution in [0.2, 0.25) is 0 Å². The molecule has 8 heteroatoms. The van der Waals surface area contributed by atoms with E-state index in [4.69, 9.17) is 0 Å². The van der Waals surface area contributed by atoms with Gasteiger partial charge in [-0.25, -0.2) is 19.3 Å². The van der Waals surface area contributed by atoms with E-state index in [0.717, 1.165) is 17.1 Å². The van der Waals surface area contributed by atoms with E-state index >= 15 is 0 Å². The summed E-state index contributed by atoms with van der Waals surface area (Å²) >= 11 is 4.80. The molecule has 1 N–H and O–H groups in total. The van der Waals surface area contributed by atoms with Gasteiger partial charge < -0.3 is 5.32 Å². The van der Waals surface area contributed by atoms with Gasteiger partial charge in [-0.15, -0.1) is 11.3 Å². The molecular formula is C15H9BrFN5S. The number of hydrogen-bond acceptors (Lipinski definition) is 5. The van der Waals surface area contributed by atoms with Crippen LogP contribution in [0.3, 0.4) is 0 Å². The molecule has 0 amide bonds. The highest BCUT2D eigenvalue weighted by Gasteiger charge is 2.11. The minimum absolute atomic E-state index is 0.291. The molecule has 3 aromatic heterocycles. The quantitative estimate of drug-likeness (QED) is 0.560. The molecule has 0 fully saturated rings. The molecule has 114 valence electrons. The molecule has 0 saturated heterocycles. The summed E-state index contributed by atoms with van der Waals surface area (Å²) in [6.07, 6.45) is 5.34. The Kier molecular flexibility index (Phi) is 3.55. The SMILES string of the molecule is Fc1ccc(Nc2nc(-c3cnc4ncccn34)cs2)c(Br)c1. The summed E-state index contributed by atoms with van der Waals surface area (Å²) in [5.74, 6) is 0.340. The molecule has 0 bridgehead atoms. The van der Waals surface area contributed by atoms with E-state index in [0.29, 0.717) is 15.4 Å². The average molecular weight is 390 g/mol. The number of fused-ring (bicyclic) bond motifs is 1. The van der Waals surface area contributed by atoms with E-state index in [1.165, 1.54) is 23.5 Å². The number of halogens is 2. The topological polar surface area (TPSA) is 55.1 Å². The molecule has 0 atom stereocenters. The summed E-state index contributed by atoms with van der Waals surface area (Å²) < 4.78 is 15.7. The zero-order valence-corrected chi connectivity index (χ0v) is 14.0. The van der Waals surface area contributed by atoms with Gasteiger partial charge in [-0.3, -0.25) is 4.40 Å². The van der Waals surface area contributed by atoms with Gasteiger partial charge in [0, 0.05) is 22.2 Å². The zero-order chi connectivity index (χ0) is 15.8. The number of anilines is 2. The van der Waals surface area contributed by atoms with Crippen LogP contribution in [0.4, 0.5) is 15.2 Å². The van der Waals surface area contributed by atoms with E-state index in [-0.39, 0.29) is 5.82 Å². The maximum absolute atomic E-state index is 13.1. The van der Waals surface area contributed by atoms with Crippen LogP contribution in [0.5, 0.6) is 0 Å². The highest BCUT2D eigenvalue weighted by Crippen LogP contribution is 2.30. The Labute approximate surface area is 143 Å². The van der Waals surface area contributed by atoms with Gasteiger partial charge >= 0.3 is 0 Å². The van der Waals surface area contributed by atoms with Gasteiger partial charge in [0.2, 0.25) is 5.78 Å². The third kappa shape index (κ3) is 2.71. The third-order valence-electron chi connectivity index (χ3n) is 3.23. The van der Waals surface area contributed by atoms with Crippen LogP contribution in [-0.4, -0.2) is 19.4 Å². The first-order valence-electron chi connectivity index (χ1n) is 6.67. The van der Waals surface area contributed by atoms with Crippen LogP contribution in [0, 0.1) is 5.82 Å². The van der Waals surface area contributed by atoms with Crippen LogP contribution in [0.1, 0.15) is 0 Å². The maximum Gasteiger partial charge on any atom is 0.234 e. The largest absolute Gasteiger partial charge is 0.331 e. The predicted octanol–water partition coefficient (Wildman–Crippen LogP) is 4.50. The number of aromatic nitrogens is 4. The fourth-order valence-corrected chi connectivity index (χ4v) is 3.34. The number of thiazole rings is 1. The summed E-state index contributed by atoms with van der Waals surface area (Å²) in [7, 11) is 0. The zero-order valence-electron chi connectivity index (χ0n) is 11.6. The van der Waals surface area contributed by atoms with Gasteiger partial charge in [-0.1, -0.05) is 0 Å². The smallest absolute Gasteiger partial charge is 0.234 e. The number of imidazole rings is 1. The van der Waals surface area contributed by atoms with Crippen molar-refractivity contribution in [3.63, 3.8) is 0 Å². The molecule has 0 aliphatic rings. The number of rotatable bonds is 3. The summed E-state index contributed by atoms with van der Waals surface area (Å²) in [5, 5.41) is 5.83. The normalized spacial score (nSPS) is 11.0. The van der Waals surface area contributed by atoms with Crippen molar-refractivity contribution in [1.82, 2.24) is 19.4 Å². The highest BCUT2D eigenvalue weighted by atomic mass is 79.9. The van der Waals surface area contributed by atoms with Gasteiger partial charge in [0.05, 0.1) is 17.6 Å². The van der Waals surface area contributed by atoms with Crippen molar-refractivity contribution in [2.75, 3.05) is 5.32 Å². The Morgan fingerprint density at radius 1 is 1.26 bits per heavy atom. The first-order chi connectivity index (χ1) is 11.2. The van der Waals surface area contributed by atoms with E-state index in [1.54, 1.807) is 18.5 Å². The molecule has 1 aromatic carbocycles. The van der Waals surface area contributed by atoms with Crippen molar-refractivity contribution in [3.8, 4) is 11.4 Å². The number of nitrogens with one attached hydrogen (secondary N) is 1. The first-order valence-corrected chi connectivity index (χ1v) is 8.34. The predicted molar refractivity (Wildman–Crippen MR) is 91.5 cm³/mol. The summed E-state index contributed by atoms with van der Waals surface area (Å²) in [4.78, 5) is 13.0. The molecule has 0 radical (unpaired) electrons. The second-order valence-electron chi connectivity index (χ2n) is 4.72. The lowest BCUT2D eigenvalue weighted by molar-refractivity contribution is 0.627. The first kappa shape index (κ1) is 14.3. The number of benzene rings is 1. The van der Waals surface area contributed by atoms with Crippen LogP contribution >= 0.6 is 27.3 Å². The Hall–Kier alpha value is -2.32. The lowest BCUT2D eigenvalue weighted by atomic mass is 10.3. The van der Waals surface area contributed by atoms with Gasteiger partial charge in [-0.2, -0.15) is 0 Å². The molecule has 4 rings (SSSR count). The molecule has 4 aromatic rings. The number of nitrogens with zero attached hydrogens (tertiary/aromatic N) is 4. The minimum atomic E-state index is -0.291. The standard InChI is InChI=1S/C15H9BrFN5S/c16-10-6-9(17)2-3-11(10)20-15-21-12(8-23-15)13-7-19-14-18-4-1-5-22(13)14/h1-8H,(H,20,21). The molecule has 3 heterocycles. The molecule has 0 spiro atoms. The Bertz CT molecular complexity index is 996. The van der Waals surface area contributed by atoms with Crippen molar-refractivity contribution >= 4 is 43.9 Å². The second kappa shape index (κ2) is 5.71. The number of hydrogen-bond donors (Lipinski definition) is 1. The molecule has 0 unspecified atom stereocenters.